The first-order chi connectivity index (χ1) is 6.86. The van der Waals surface area contributed by atoms with Gasteiger partial charge in [-0.3, -0.25) is 4.99 Å². The molecular formula is C9H9N4O-. The highest BCUT2D eigenvalue weighted by atomic mass is 16.5. The summed E-state index contributed by atoms with van der Waals surface area (Å²) in [7, 11) is 0. The predicted octanol–water partition coefficient (Wildman–Crippen LogP) is 0.314. The normalized spacial score (nSPS) is 23.4. The second-order valence-electron chi connectivity index (χ2n) is 3.29. The second kappa shape index (κ2) is 2.62. The van der Waals surface area contributed by atoms with E-state index in [4.69, 9.17) is 0 Å². The van der Waals surface area contributed by atoms with E-state index in [0.29, 0.717) is 19.0 Å². The Morgan fingerprint density at radius 2 is 2.43 bits per heavy atom. The molecule has 0 aromatic rings. The maximum absolute atomic E-state index is 11.5. The highest BCUT2D eigenvalue weighted by Crippen LogP contribution is 2.26. The zero-order valence-corrected chi connectivity index (χ0v) is 7.47. The van der Waals surface area contributed by atoms with Gasteiger partial charge in [0.05, 0.1) is 11.4 Å². The van der Waals surface area contributed by atoms with E-state index in [2.05, 4.69) is 10.3 Å². The van der Waals surface area contributed by atoms with Crippen LogP contribution in [0.2, 0.25) is 0 Å². The molecule has 5 heteroatoms. The molecule has 0 radical (unpaired) electrons. The van der Waals surface area contributed by atoms with E-state index in [9.17, 15) is 5.21 Å². The van der Waals surface area contributed by atoms with Crippen LogP contribution in [-0.2, 0) is 0 Å². The van der Waals surface area contributed by atoms with Crippen LogP contribution in [0.4, 0.5) is 0 Å². The lowest BCUT2D eigenvalue weighted by Gasteiger charge is -2.40. The number of rotatable bonds is 0. The number of hydrogen-bond acceptors (Lipinski definition) is 5. The molecule has 0 atom stereocenters. The molecule has 3 rings (SSSR count). The number of nitrogens with zero attached hydrogens (tertiary/aromatic N) is 3. The summed E-state index contributed by atoms with van der Waals surface area (Å²) in [4.78, 5) is 6.15. The Kier molecular flexibility index (Phi) is 1.43. The van der Waals surface area contributed by atoms with Gasteiger partial charge in [-0.1, -0.05) is 6.08 Å². The minimum absolute atomic E-state index is 0.406. The average molecular weight is 189 g/mol. The van der Waals surface area contributed by atoms with Gasteiger partial charge in [-0.25, -0.2) is 0 Å². The minimum atomic E-state index is 0.406. The summed E-state index contributed by atoms with van der Waals surface area (Å²) in [5.41, 5.74) is 1.91. The fourth-order valence-corrected chi connectivity index (χ4v) is 1.76. The second-order valence-corrected chi connectivity index (χ2v) is 3.29. The highest BCUT2D eigenvalue weighted by Gasteiger charge is 2.24. The summed E-state index contributed by atoms with van der Waals surface area (Å²) in [6, 6.07) is 0. The Bertz CT molecular complexity index is 394. The lowest BCUT2D eigenvalue weighted by atomic mass is 10.2. The molecule has 0 unspecified atom stereocenters. The van der Waals surface area contributed by atoms with Crippen LogP contribution in [0.1, 0.15) is 0 Å². The van der Waals surface area contributed by atoms with Crippen molar-refractivity contribution in [2.45, 2.75) is 0 Å². The summed E-state index contributed by atoms with van der Waals surface area (Å²) in [5, 5.41) is 15.4. The molecule has 0 saturated heterocycles. The SMILES string of the molecule is [O-]N1CC=CC2=C1NC=C1C=NCN12. The van der Waals surface area contributed by atoms with Crippen molar-refractivity contribution in [2.75, 3.05) is 13.2 Å². The first kappa shape index (κ1) is 7.64. The van der Waals surface area contributed by atoms with Crippen molar-refractivity contribution in [1.82, 2.24) is 15.3 Å². The van der Waals surface area contributed by atoms with Crippen molar-refractivity contribution >= 4 is 6.21 Å². The van der Waals surface area contributed by atoms with Crippen LogP contribution in [0.5, 0.6) is 0 Å². The largest absolute Gasteiger partial charge is 0.757 e. The van der Waals surface area contributed by atoms with Gasteiger partial charge in [0.2, 0.25) is 0 Å². The molecular weight excluding hydrogens is 180 g/mol. The highest BCUT2D eigenvalue weighted by molar-refractivity contribution is 5.81. The molecule has 0 aliphatic carbocycles. The van der Waals surface area contributed by atoms with Crippen molar-refractivity contribution in [3.63, 3.8) is 0 Å². The van der Waals surface area contributed by atoms with Gasteiger partial charge < -0.3 is 20.5 Å². The molecule has 14 heavy (non-hydrogen) atoms. The van der Waals surface area contributed by atoms with Crippen molar-refractivity contribution in [1.29, 1.82) is 0 Å². The Balaban J connectivity index is 2.03. The Morgan fingerprint density at radius 3 is 3.36 bits per heavy atom. The molecule has 3 heterocycles. The predicted molar refractivity (Wildman–Crippen MR) is 52.7 cm³/mol. The van der Waals surface area contributed by atoms with E-state index >= 15 is 0 Å². The molecule has 0 aromatic heterocycles. The summed E-state index contributed by atoms with van der Waals surface area (Å²) < 4.78 is 0. The fraction of sp³-hybridized carbons (Fsp3) is 0.222. The zero-order valence-electron chi connectivity index (χ0n) is 7.47. The molecule has 1 N–H and O–H groups in total. The van der Waals surface area contributed by atoms with Gasteiger partial charge in [0, 0.05) is 19.0 Å². The Labute approximate surface area is 81.3 Å². The molecule has 72 valence electrons. The van der Waals surface area contributed by atoms with Crippen LogP contribution in [0.3, 0.4) is 0 Å². The number of fused-ring (bicyclic) bond motifs is 2. The number of nitrogens with one attached hydrogen (secondary N) is 1. The maximum Gasteiger partial charge on any atom is 0.119 e. The minimum Gasteiger partial charge on any atom is -0.757 e. The van der Waals surface area contributed by atoms with E-state index in [1.165, 1.54) is 0 Å². The smallest absolute Gasteiger partial charge is 0.119 e. The third-order valence-electron chi connectivity index (χ3n) is 2.44. The third-order valence-corrected chi connectivity index (χ3v) is 2.44. The van der Waals surface area contributed by atoms with E-state index in [0.717, 1.165) is 16.5 Å². The maximum atomic E-state index is 11.5. The zero-order chi connectivity index (χ0) is 9.54. The first-order valence-corrected chi connectivity index (χ1v) is 4.46. The van der Waals surface area contributed by atoms with Crippen molar-refractivity contribution in [3.8, 4) is 0 Å². The van der Waals surface area contributed by atoms with Crippen LogP contribution >= 0.6 is 0 Å². The van der Waals surface area contributed by atoms with Crippen molar-refractivity contribution in [2.24, 2.45) is 4.99 Å². The quantitative estimate of drug-likeness (QED) is 0.596. The van der Waals surface area contributed by atoms with Gasteiger partial charge in [-0.05, 0) is 6.08 Å². The molecule has 0 saturated carbocycles. The summed E-state index contributed by atoms with van der Waals surface area (Å²) >= 11 is 0. The van der Waals surface area contributed by atoms with Crippen LogP contribution in [0.15, 0.2) is 40.6 Å². The average Bonchev–Trinajstić information content (AvgIpc) is 2.66. The van der Waals surface area contributed by atoms with Crippen LogP contribution < -0.4 is 5.32 Å². The van der Waals surface area contributed by atoms with Gasteiger partial charge in [0.25, 0.3) is 0 Å². The third kappa shape index (κ3) is 0.898. The molecule has 0 bridgehead atoms. The molecule has 3 aliphatic rings. The number of aliphatic imine (C=N–C) groups is 1. The van der Waals surface area contributed by atoms with E-state index < -0.39 is 0 Å². The monoisotopic (exact) mass is 189 g/mol. The number of hydroxylamine groups is 2. The van der Waals surface area contributed by atoms with Crippen molar-refractivity contribution < 1.29 is 0 Å². The van der Waals surface area contributed by atoms with Crippen LogP contribution in [0.25, 0.3) is 0 Å². The summed E-state index contributed by atoms with van der Waals surface area (Å²) in [6.45, 7) is 1.01. The van der Waals surface area contributed by atoms with Gasteiger partial charge >= 0.3 is 0 Å². The lowest BCUT2D eigenvalue weighted by Crippen LogP contribution is -2.37. The van der Waals surface area contributed by atoms with Crippen molar-refractivity contribution in [3.05, 3.63) is 40.8 Å². The molecule has 0 amide bonds. The molecule has 3 aliphatic heterocycles. The lowest BCUT2D eigenvalue weighted by molar-refractivity contribution is 0.398. The van der Waals surface area contributed by atoms with E-state index in [1.54, 1.807) is 12.4 Å². The van der Waals surface area contributed by atoms with Crippen LogP contribution in [-0.4, -0.2) is 29.4 Å². The fourth-order valence-electron chi connectivity index (χ4n) is 1.76. The van der Waals surface area contributed by atoms with Crippen LogP contribution in [0, 0.1) is 5.21 Å². The number of allylic oxidation sites excluding steroid dienone is 2. The van der Waals surface area contributed by atoms with Gasteiger partial charge in [0.15, 0.2) is 0 Å². The molecule has 0 fully saturated rings. The standard InChI is InChI=1S/C9H9N4O/c14-13-3-1-2-8-9(13)11-5-7-4-10-6-12(7)8/h1-2,4-5,11H,3,6H2/q-1. The summed E-state index contributed by atoms with van der Waals surface area (Å²) in [5.74, 6) is 0.613. The molecule has 0 aromatic carbocycles. The Hall–Kier alpha value is -1.75. The Morgan fingerprint density at radius 1 is 1.50 bits per heavy atom. The first-order valence-electron chi connectivity index (χ1n) is 4.46. The topological polar surface area (TPSA) is 53.9 Å². The van der Waals surface area contributed by atoms with Gasteiger partial charge in [-0.2, -0.15) is 0 Å². The number of hydrogen-bond donors (Lipinski definition) is 1. The van der Waals surface area contributed by atoms with Gasteiger partial charge in [0.1, 0.15) is 12.5 Å². The molecule has 5 nitrogen and oxygen atoms in total. The van der Waals surface area contributed by atoms with E-state index in [1.807, 2.05) is 17.1 Å². The molecule has 0 spiro atoms. The van der Waals surface area contributed by atoms with Gasteiger partial charge in [-0.15, -0.1) is 0 Å². The van der Waals surface area contributed by atoms with E-state index in [-0.39, 0.29) is 0 Å². The summed E-state index contributed by atoms with van der Waals surface area (Å²) in [6.07, 6.45) is 7.42.